The molecule has 15 heavy (non-hydrogen) atoms. The number of nitrogens with zero attached hydrogens (tertiary/aromatic N) is 1. The summed E-state index contributed by atoms with van der Waals surface area (Å²) in [5, 5.41) is 3.07. The predicted octanol–water partition coefficient (Wildman–Crippen LogP) is 2.50. The van der Waals surface area contributed by atoms with Crippen LogP contribution in [0.3, 0.4) is 0 Å². The molecule has 1 aliphatic heterocycles. The van der Waals surface area contributed by atoms with Gasteiger partial charge in [-0.3, -0.25) is 4.99 Å². The van der Waals surface area contributed by atoms with Crippen LogP contribution < -0.4 is 5.32 Å². The molecule has 1 N–H and O–H groups in total. The molecule has 0 fully saturated rings. The van der Waals surface area contributed by atoms with Crippen molar-refractivity contribution in [2.45, 2.75) is 25.8 Å². The first-order valence-corrected chi connectivity index (χ1v) is 5.09. The van der Waals surface area contributed by atoms with Gasteiger partial charge in [0.15, 0.2) is 0 Å². The van der Waals surface area contributed by atoms with E-state index in [9.17, 15) is 4.79 Å². The van der Waals surface area contributed by atoms with Crippen LogP contribution in [0, 0.1) is 0 Å². The Morgan fingerprint density at radius 1 is 1.47 bits per heavy atom. The third kappa shape index (κ3) is 1.77. The van der Waals surface area contributed by atoms with Gasteiger partial charge in [-0.2, -0.15) is 0 Å². The number of hydrogen-bond donors (Lipinski definition) is 1. The quantitative estimate of drug-likeness (QED) is 0.748. The van der Waals surface area contributed by atoms with Gasteiger partial charge in [0, 0.05) is 11.3 Å². The second-order valence-corrected chi connectivity index (χ2v) is 4.00. The predicted molar refractivity (Wildman–Crippen MR) is 61.5 cm³/mol. The summed E-state index contributed by atoms with van der Waals surface area (Å²) in [4.78, 5) is 14.9. The van der Waals surface area contributed by atoms with Gasteiger partial charge in [0.2, 0.25) is 0 Å². The zero-order valence-corrected chi connectivity index (χ0v) is 8.90. The molecular formula is C12H14N2O. The Morgan fingerprint density at radius 3 is 2.93 bits per heavy atom. The van der Waals surface area contributed by atoms with Crippen LogP contribution in [-0.4, -0.2) is 12.6 Å². The molecule has 3 heteroatoms. The number of aliphatic imine (C=N–C) groups is 1. The van der Waals surface area contributed by atoms with Crippen LogP contribution in [0.4, 0.5) is 5.69 Å². The zero-order chi connectivity index (χ0) is 10.8. The first-order valence-electron chi connectivity index (χ1n) is 5.09. The molecule has 1 aromatic carbocycles. The normalized spacial score (nSPS) is 18.5. The molecule has 1 heterocycles. The first kappa shape index (κ1) is 9.90. The van der Waals surface area contributed by atoms with E-state index < -0.39 is 0 Å². The van der Waals surface area contributed by atoms with E-state index in [-0.39, 0.29) is 6.04 Å². The molecule has 2 rings (SSSR count). The summed E-state index contributed by atoms with van der Waals surface area (Å²) < 4.78 is 0. The van der Waals surface area contributed by atoms with Crippen LogP contribution in [0.2, 0.25) is 0 Å². The average Bonchev–Trinajstić information content (AvgIpc) is 2.27. The third-order valence-corrected chi connectivity index (χ3v) is 2.65. The van der Waals surface area contributed by atoms with Gasteiger partial charge >= 0.3 is 0 Å². The van der Waals surface area contributed by atoms with E-state index in [1.54, 1.807) is 6.34 Å². The molecule has 0 spiro atoms. The lowest BCUT2D eigenvalue weighted by atomic mass is 9.97. The van der Waals surface area contributed by atoms with E-state index in [2.05, 4.69) is 36.3 Å². The standard InChI is InChI=1S/C12H14N2O/c1-8(2)9-3-4-10-11(5-9)13-7-14-12(10)6-15/h3-8,12H,1-2H3,(H,13,14). The minimum atomic E-state index is -0.345. The molecule has 0 amide bonds. The van der Waals surface area contributed by atoms with Crippen molar-refractivity contribution in [2.75, 3.05) is 5.32 Å². The van der Waals surface area contributed by atoms with Gasteiger partial charge in [-0.1, -0.05) is 26.0 Å². The highest BCUT2D eigenvalue weighted by molar-refractivity contribution is 5.85. The molecule has 1 aliphatic rings. The van der Waals surface area contributed by atoms with E-state index in [1.807, 2.05) is 6.07 Å². The van der Waals surface area contributed by atoms with Crippen LogP contribution in [0.15, 0.2) is 23.2 Å². The Hall–Kier alpha value is -1.64. The van der Waals surface area contributed by atoms with Gasteiger partial charge in [0.25, 0.3) is 0 Å². The van der Waals surface area contributed by atoms with Gasteiger partial charge in [0.05, 0.1) is 6.34 Å². The maximum Gasteiger partial charge on any atom is 0.149 e. The van der Waals surface area contributed by atoms with Crippen molar-refractivity contribution < 1.29 is 4.79 Å². The van der Waals surface area contributed by atoms with Gasteiger partial charge in [-0.25, -0.2) is 0 Å². The van der Waals surface area contributed by atoms with E-state index in [4.69, 9.17) is 0 Å². The number of nitrogens with one attached hydrogen (secondary N) is 1. The molecule has 0 aliphatic carbocycles. The number of carbonyl (C=O) groups excluding carboxylic acids is 1. The lowest BCUT2D eigenvalue weighted by molar-refractivity contribution is -0.108. The highest BCUT2D eigenvalue weighted by atomic mass is 16.1. The molecule has 0 radical (unpaired) electrons. The lowest BCUT2D eigenvalue weighted by Crippen LogP contribution is -2.11. The van der Waals surface area contributed by atoms with E-state index in [1.165, 1.54) is 5.56 Å². The lowest BCUT2D eigenvalue weighted by Gasteiger charge is -2.18. The fourth-order valence-electron chi connectivity index (χ4n) is 1.69. The van der Waals surface area contributed by atoms with Gasteiger partial charge in [0.1, 0.15) is 12.3 Å². The average molecular weight is 202 g/mol. The van der Waals surface area contributed by atoms with Crippen LogP contribution in [0.25, 0.3) is 0 Å². The van der Waals surface area contributed by atoms with Crippen molar-refractivity contribution in [2.24, 2.45) is 4.99 Å². The molecule has 1 atom stereocenters. The number of hydrogen-bond acceptors (Lipinski definition) is 3. The summed E-state index contributed by atoms with van der Waals surface area (Å²) in [6.45, 7) is 4.30. The van der Waals surface area contributed by atoms with Crippen molar-refractivity contribution in [3.63, 3.8) is 0 Å². The van der Waals surface area contributed by atoms with Crippen molar-refractivity contribution in [1.29, 1.82) is 0 Å². The second kappa shape index (κ2) is 3.85. The van der Waals surface area contributed by atoms with Crippen LogP contribution in [0.5, 0.6) is 0 Å². The topological polar surface area (TPSA) is 41.5 Å². The largest absolute Gasteiger partial charge is 0.346 e. The summed E-state index contributed by atoms with van der Waals surface area (Å²) in [5.74, 6) is 0.491. The maximum atomic E-state index is 10.8. The highest BCUT2D eigenvalue weighted by Crippen LogP contribution is 2.30. The van der Waals surface area contributed by atoms with Gasteiger partial charge in [-0.15, -0.1) is 0 Å². The Morgan fingerprint density at radius 2 is 2.27 bits per heavy atom. The van der Waals surface area contributed by atoms with Crippen LogP contribution in [0.1, 0.15) is 36.9 Å². The van der Waals surface area contributed by atoms with Crippen molar-refractivity contribution in [3.05, 3.63) is 29.3 Å². The van der Waals surface area contributed by atoms with Gasteiger partial charge in [-0.05, 0) is 17.5 Å². The fraction of sp³-hybridized carbons (Fsp3) is 0.333. The Labute approximate surface area is 89.2 Å². The van der Waals surface area contributed by atoms with Crippen LogP contribution in [-0.2, 0) is 4.79 Å². The minimum Gasteiger partial charge on any atom is -0.346 e. The Kier molecular flexibility index (Phi) is 2.54. The molecule has 1 aromatic rings. The van der Waals surface area contributed by atoms with Gasteiger partial charge < -0.3 is 10.1 Å². The maximum absolute atomic E-state index is 10.8. The molecule has 0 saturated heterocycles. The van der Waals surface area contributed by atoms with E-state index in [0.717, 1.165) is 17.5 Å². The Balaban J connectivity index is 2.43. The number of fused-ring (bicyclic) bond motifs is 1. The summed E-state index contributed by atoms with van der Waals surface area (Å²) in [6, 6.07) is 5.78. The smallest absolute Gasteiger partial charge is 0.149 e. The number of aldehydes is 1. The number of rotatable bonds is 2. The second-order valence-electron chi connectivity index (χ2n) is 4.00. The van der Waals surface area contributed by atoms with Crippen LogP contribution >= 0.6 is 0 Å². The summed E-state index contributed by atoms with van der Waals surface area (Å²) in [7, 11) is 0. The summed E-state index contributed by atoms with van der Waals surface area (Å²) in [5.41, 5.74) is 3.21. The first-order chi connectivity index (χ1) is 7.22. The molecule has 0 saturated carbocycles. The zero-order valence-electron chi connectivity index (χ0n) is 8.90. The van der Waals surface area contributed by atoms with E-state index >= 15 is 0 Å². The molecule has 0 aromatic heterocycles. The van der Waals surface area contributed by atoms with Crippen molar-refractivity contribution >= 4 is 18.3 Å². The van der Waals surface area contributed by atoms with Crippen molar-refractivity contribution in [3.8, 4) is 0 Å². The summed E-state index contributed by atoms with van der Waals surface area (Å²) in [6.07, 6.45) is 2.46. The van der Waals surface area contributed by atoms with Crippen molar-refractivity contribution in [1.82, 2.24) is 0 Å². The monoisotopic (exact) mass is 202 g/mol. The fourth-order valence-corrected chi connectivity index (χ4v) is 1.69. The molecule has 78 valence electrons. The summed E-state index contributed by atoms with van der Waals surface area (Å²) >= 11 is 0. The molecule has 0 bridgehead atoms. The molecule has 3 nitrogen and oxygen atoms in total. The number of anilines is 1. The highest BCUT2D eigenvalue weighted by Gasteiger charge is 2.16. The third-order valence-electron chi connectivity index (χ3n) is 2.65. The molecular weight excluding hydrogens is 188 g/mol. The Bertz CT molecular complexity index is 410. The molecule has 1 unspecified atom stereocenters. The number of carbonyl (C=O) groups is 1. The SMILES string of the molecule is CC(C)c1ccc2c(c1)NC=NC2C=O. The van der Waals surface area contributed by atoms with E-state index in [0.29, 0.717) is 5.92 Å². The minimum absolute atomic E-state index is 0.345. The number of benzene rings is 1.